The van der Waals surface area contributed by atoms with Crippen LogP contribution in [0.5, 0.6) is 0 Å². The Bertz CT molecular complexity index is 210. The highest BCUT2D eigenvalue weighted by atomic mass is 32.2. The van der Waals surface area contributed by atoms with E-state index in [0.29, 0.717) is 6.61 Å². The molecule has 0 amide bonds. The highest BCUT2D eigenvalue weighted by Gasteiger charge is 2.31. The molecule has 2 nitrogen and oxygen atoms in total. The lowest BCUT2D eigenvalue weighted by atomic mass is 9.74. The fourth-order valence-electron chi connectivity index (χ4n) is 3.18. The van der Waals surface area contributed by atoms with Crippen molar-refractivity contribution in [2.75, 3.05) is 31.2 Å². The summed E-state index contributed by atoms with van der Waals surface area (Å²) >= 11 is 2.10. The lowest BCUT2D eigenvalue weighted by molar-refractivity contribution is 0.0802. The molecule has 2 aliphatic rings. The molecule has 1 saturated carbocycles. The number of aliphatic hydroxyl groups excluding tert-OH is 1. The van der Waals surface area contributed by atoms with Gasteiger partial charge in [-0.15, -0.1) is 0 Å². The maximum absolute atomic E-state index is 9.64. The smallest absolute Gasteiger partial charge is 0.0499 e. The Balaban J connectivity index is 1.68. The van der Waals surface area contributed by atoms with Crippen LogP contribution in [0.3, 0.4) is 0 Å². The Morgan fingerprint density at radius 2 is 1.82 bits per heavy atom. The molecule has 0 aromatic rings. The molecule has 1 aliphatic carbocycles. The third kappa shape index (κ3) is 4.15. The minimum absolute atomic E-state index is 0.210. The standard InChI is InChI=1S/C14H27NOS/c16-12-14(6-2-1-3-7-14)11-15-10-13-4-8-17-9-5-13/h13,15-16H,1-12H2. The van der Waals surface area contributed by atoms with Crippen molar-refractivity contribution in [1.82, 2.24) is 5.32 Å². The Hall–Kier alpha value is 0.270. The summed E-state index contributed by atoms with van der Waals surface area (Å²) in [7, 11) is 0. The van der Waals surface area contributed by atoms with Gasteiger partial charge in [0, 0.05) is 18.6 Å². The first-order valence-electron chi connectivity index (χ1n) is 7.24. The predicted molar refractivity (Wildman–Crippen MR) is 75.5 cm³/mol. The minimum atomic E-state index is 0.210. The largest absolute Gasteiger partial charge is 0.396 e. The maximum atomic E-state index is 9.64. The van der Waals surface area contributed by atoms with E-state index < -0.39 is 0 Å². The van der Waals surface area contributed by atoms with Crippen LogP contribution in [0.2, 0.25) is 0 Å². The van der Waals surface area contributed by atoms with E-state index in [1.807, 2.05) is 0 Å². The van der Waals surface area contributed by atoms with Crippen LogP contribution in [-0.4, -0.2) is 36.3 Å². The molecule has 0 aromatic carbocycles. The zero-order valence-electron chi connectivity index (χ0n) is 10.9. The van der Waals surface area contributed by atoms with Gasteiger partial charge in [-0.05, 0) is 49.7 Å². The molecule has 1 aliphatic heterocycles. The Labute approximate surface area is 110 Å². The highest BCUT2D eigenvalue weighted by molar-refractivity contribution is 7.99. The molecule has 2 rings (SSSR count). The van der Waals surface area contributed by atoms with Crippen LogP contribution in [0.4, 0.5) is 0 Å². The molecule has 0 unspecified atom stereocenters. The molecule has 1 heterocycles. The zero-order chi connectivity index (χ0) is 12.0. The average Bonchev–Trinajstić information content (AvgIpc) is 2.41. The fraction of sp³-hybridized carbons (Fsp3) is 1.00. The second kappa shape index (κ2) is 7.01. The molecule has 0 bridgehead atoms. The van der Waals surface area contributed by atoms with Gasteiger partial charge in [-0.3, -0.25) is 0 Å². The van der Waals surface area contributed by atoms with Crippen molar-refractivity contribution in [3.8, 4) is 0 Å². The zero-order valence-corrected chi connectivity index (χ0v) is 11.7. The van der Waals surface area contributed by atoms with E-state index in [9.17, 15) is 5.11 Å². The first kappa shape index (κ1) is 13.7. The van der Waals surface area contributed by atoms with Crippen LogP contribution in [0.1, 0.15) is 44.9 Å². The van der Waals surface area contributed by atoms with Gasteiger partial charge < -0.3 is 10.4 Å². The van der Waals surface area contributed by atoms with E-state index in [0.717, 1.165) is 12.5 Å². The number of hydrogen-bond acceptors (Lipinski definition) is 3. The first-order valence-corrected chi connectivity index (χ1v) is 8.39. The van der Waals surface area contributed by atoms with Crippen molar-refractivity contribution in [3.63, 3.8) is 0 Å². The molecule has 0 aromatic heterocycles. The van der Waals surface area contributed by atoms with Crippen molar-refractivity contribution in [1.29, 1.82) is 0 Å². The number of thioether (sulfide) groups is 1. The van der Waals surface area contributed by atoms with Crippen LogP contribution in [0.25, 0.3) is 0 Å². The van der Waals surface area contributed by atoms with E-state index in [1.54, 1.807) is 0 Å². The molecular weight excluding hydrogens is 230 g/mol. The summed E-state index contributed by atoms with van der Waals surface area (Å²) in [5, 5.41) is 13.3. The molecule has 2 N–H and O–H groups in total. The van der Waals surface area contributed by atoms with E-state index >= 15 is 0 Å². The van der Waals surface area contributed by atoms with Gasteiger partial charge in [0.25, 0.3) is 0 Å². The molecule has 2 fully saturated rings. The van der Waals surface area contributed by atoms with E-state index in [4.69, 9.17) is 0 Å². The summed E-state index contributed by atoms with van der Waals surface area (Å²) in [6, 6.07) is 0. The van der Waals surface area contributed by atoms with Crippen LogP contribution >= 0.6 is 11.8 Å². The van der Waals surface area contributed by atoms with Gasteiger partial charge in [0.2, 0.25) is 0 Å². The molecule has 0 radical (unpaired) electrons. The maximum Gasteiger partial charge on any atom is 0.0499 e. The molecule has 3 heteroatoms. The number of rotatable bonds is 5. The summed E-state index contributed by atoms with van der Waals surface area (Å²) in [4.78, 5) is 0. The van der Waals surface area contributed by atoms with Gasteiger partial charge in [0.05, 0.1) is 0 Å². The number of aliphatic hydroxyl groups is 1. The first-order chi connectivity index (χ1) is 8.35. The summed E-state index contributed by atoms with van der Waals surface area (Å²) in [5.41, 5.74) is 0.210. The number of hydrogen-bond donors (Lipinski definition) is 2. The van der Waals surface area contributed by atoms with Crippen LogP contribution < -0.4 is 5.32 Å². The molecule has 0 atom stereocenters. The lowest BCUT2D eigenvalue weighted by Crippen LogP contribution is -2.41. The van der Waals surface area contributed by atoms with E-state index in [2.05, 4.69) is 17.1 Å². The normalized spacial score (nSPS) is 25.9. The van der Waals surface area contributed by atoms with Gasteiger partial charge in [-0.25, -0.2) is 0 Å². The van der Waals surface area contributed by atoms with Crippen LogP contribution in [0, 0.1) is 11.3 Å². The van der Waals surface area contributed by atoms with Crippen molar-refractivity contribution >= 4 is 11.8 Å². The summed E-state index contributed by atoms with van der Waals surface area (Å²) in [6.07, 6.45) is 9.17. The Kier molecular flexibility index (Phi) is 5.64. The fourth-order valence-corrected chi connectivity index (χ4v) is 4.39. The average molecular weight is 257 g/mol. The Morgan fingerprint density at radius 1 is 1.12 bits per heavy atom. The monoisotopic (exact) mass is 257 g/mol. The summed E-state index contributed by atoms with van der Waals surface area (Å²) < 4.78 is 0. The van der Waals surface area contributed by atoms with Gasteiger partial charge in [0.1, 0.15) is 0 Å². The lowest BCUT2D eigenvalue weighted by Gasteiger charge is -2.36. The molecule has 0 spiro atoms. The second-order valence-corrected chi connectivity index (χ2v) is 7.13. The molecule has 100 valence electrons. The predicted octanol–water partition coefficient (Wildman–Crippen LogP) is 2.66. The number of nitrogens with one attached hydrogen (secondary N) is 1. The molecule has 17 heavy (non-hydrogen) atoms. The molecule has 1 saturated heterocycles. The highest BCUT2D eigenvalue weighted by Crippen LogP contribution is 2.35. The Morgan fingerprint density at radius 3 is 2.47 bits per heavy atom. The van der Waals surface area contributed by atoms with Crippen LogP contribution in [0.15, 0.2) is 0 Å². The van der Waals surface area contributed by atoms with Gasteiger partial charge in [0.15, 0.2) is 0 Å². The molecular formula is C14H27NOS. The van der Waals surface area contributed by atoms with Gasteiger partial charge in [-0.1, -0.05) is 19.3 Å². The van der Waals surface area contributed by atoms with Gasteiger partial charge in [-0.2, -0.15) is 11.8 Å². The van der Waals surface area contributed by atoms with E-state index in [1.165, 1.54) is 63.0 Å². The summed E-state index contributed by atoms with van der Waals surface area (Å²) in [6.45, 7) is 2.58. The summed E-state index contributed by atoms with van der Waals surface area (Å²) in [5.74, 6) is 3.57. The SMILES string of the molecule is OCC1(CNCC2CCSCC2)CCCCC1. The minimum Gasteiger partial charge on any atom is -0.396 e. The van der Waals surface area contributed by atoms with Crippen molar-refractivity contribution in [2.45, 2.75) is 44.9 Å². The third-order valence-electron chi connectivity index (χ3n) is 4.52. The van der Waals surface area contributed by atoms with Crippen LogP contribution in [-0.2, 0) is 0 Å². The van der Waals surface area contributed by atoms with Crippen molar-refractivity contribution < 1.29 is 5.11 Å². The second-order valence-electron chi connectivity index (χ2n) is 5.91. The topological polar surface area (TPSA) is 32.3 Å². The third-order valence-corrected chi connectivity index (χ3v) is 5.57. The van der Waals surface area contributed by atoms with Gasteiger partial charge >= 0.3 is 0 Å². The van der Waals surface area contributed by atoms with E-state index in [-0.39, 0.29) is 5.41 Å². The van der Waals surface area contributed by atoms with Crippen molar-refractivity contribution in [3.05, 3.63) is 0 Å². The van der Waals surface area contributed by atoms with Crippen molar-refractivity contribution in [2.24, 2.45) is 11.3 Å². The quantitative estimate of drug-likeness (QED) is 0.794.